The minimum atomic E-state index is -1.09. The van der Waals surface area contributed by atoms with E-state index in [1.54, 1.807) is 11.8 Å². The molecule has 2 aromatic carbocycles. The average Bonchev–Trinajstić information content (AvgIpc) is 3.34. The molecule has 2 aliphatic rings. The minimum absolute atomic E-state index is 0.125. The van der Waals surface area contributed by atoms with Gasteiger partial charge in [0.25, 0.3) is 5.91 Å². The first-order chi connectivity index (χ1) is 17.0. The Morgan fingerprint density at radius 2 is 1.74 bits per heavy atom. The standard InChI is InChI=1S/C28H34N4O3/c1-3-17-32-23-16-10-9-15-22(23)25(21-13-5-4-6-14-21)30-26(28(32)35)31-27(34)19(2)29-24(33)18-20-11-7-8-12-20/h4-6,9-10,13-16,19-20,26H,3,7-8,11-12,17-18H2,1-2H3,(H,29,33)(H,31,34)/t19-,26?/m0/s1. The third-order valence-electron chi connectivity index (χ3n) is 6.70. The summed E-state index contributed by atoms with van der Waals surface area (Å²) in [4.78, 5) is 45.6. The predicted molar refractivity (Wildman–Crippen MR) is 137 cm³/mol. The summed E-state index contributed by atoms with van der Waals surface area (Å²) in [7, 11) is 0. The Labute approximate surface area is 207 Å². The number of rotatable bonds is 8. The molecule has 0 aromatic heterocycles. The summed E-state index contributed by atoms with van der Waals surface area (Å²) in [6, 6.07) is 16.6. The minimum Gasteiger partial charge on any atom is -0.345 e. The van der Waals surface area contributed by atoms with Gasteiger partial charge in [-0.05, 0) is 38.2 Å². The number of amides is 3. The number of fused-ring (bicyclic) bond motifs is 1. The molecule has 2 N–H and O–H groups in total. The predicted octanol–water partition coefficient (Wildman–Crippen LogP) is 3.81. The summed E-state index contributed by atoms with van der Waals surface area (Å²) >= 11 is 0. The van der Waals surface area contributed by atoms with E-state index in [1.165, 1.54) is 0 Å². The van der Waals surface area contributed by atoms with E-state index in [4.69, 9.17) is 4.99 Å². The lowest BCUT2D eigenvalue weighted by Crippen LogP contribution is -2.53. The first kappa shape index (κ1) is 24.6. The van der Waals surface area contributed by atoms with Crippen LogP contribution in [0.2, 0.25) is 0 Å². The van der Waals surface area contributed by atoms with E-state index in [2.05, 4.69) is 10.6 Å². The van der Waals surface area contributed by atoms with Crippen LogP contribution in [0.1, 0.15) is 63.5 Å². The molecule has 35 heavy (non-hydrogen) atoms. The molecule has 1 heterocycles. The Hall–Kier alpha value is -3.48. The van der Waals surface area contributed by atoms with Crippen LogP contribution in [0.15, 0.2) is 59.6 Å². The first-order valence-corrected chi connectivity index (χ1v) is 12.6. The van der Waals surface area contributed by atoms with Crippen molar-refractivity contribution in [2.75, 3.05) is 11.4 Å². The summed E-state index contributed by atoms with van der Waals surface area (Å²) in [6.45, 7) is 4.16. The van der Waals surface area contributed by atoms with Crippen molar-refractivity contribution in [3.63, 3.8) is 0 Å². The largest absolute Gasteiger partial charge is 0.345 e. The maximum absolute atomic E-state index is 13.6. The summed E-state index contributed by atoms with van der Waals surface area (Å²) in [5, 5.41) is 5.60. The van der Waals surface area contributed by atoms with Crippen molar-refractivity contribution in [2.24, 2.45) is 10.9 Å². The van der Waals surface area contributed by atoms with Crippen LogP contribution in [-0.2, 0) is 14.4 Å². The number of carbonyl (C=O) groups excluding carboxylic acids is 3. The Kier molecular flexibility index (Phi) is 7.95. The Morgan fingerprint density at radius 1 is 1.06 bits per heavy atom. The summed E-state index contributed by atoms with van der Waals surface area (Å²) in [5.41, 5.74) is 3.13. The topological polar surface area (TPSA) is 90.9 Å². The quantitative estimate of drug-likeness (QED) is 0.610. The molecule has 0 saturated heterocycles. The van der Waals surface area contributed by atoms with Crippen LogP contribution < -0.4 is 15.5 Å². The van der Waals surface area contributed by atoms with E-state index in [9.17, 15) is 14.4 Å². The Bertz CT molecular complexity index is 1090. The van der Waals surface area contributed by atoms with Crippen molar-refractivity contribution >= 4 is 29.1 Å². The highest BCUT2D eigenvalue weighted by Gasteiger charge is 2.33. The second-order valence-corrected chi connectivity index (χ2v) is 9.41. The van der Waals surface area contributed by atoms with E-state index < -0.39 is 18.1 Å². The number of benzene rings is 2. The van der Waals surface area contributed by atoms with Gasteiger partial charge in [0.1, 0.15) is 6.04 Å². The number of anilines is 1. The molecule has 184 valence electrons. The first-order valence-electron chi connectivity index (χ1n) is 12.6. The molecule has 2 aromatic rings. The number of aliphatic imine (C=N–C) groups is 1. The number of hydrogen-bond acceptors (Lipinski definition) is 4. The average molecular weight is 475 g/mol. The second kappa shape index (κ2) is 11.3. The zero-order chi connectivity index (χ0) is 24.8. The molecule has 0 bridgehead atoms. The molecule has 1 fully saturated rings. The molecule has 7 heteroatoms. The fourth-order valence-corrected chi connectivity index (χ4v) is 4.91. The lowest BCUT2D eigenvalue weighted by Gasteiger charge is -2.25. The molecule has 0 radical (unpaired) electrons. The highest BCUT2D eigenvalue weighted by molar-refractivity contribution is 6.20. The SMILES string of the molecule is CCCN1C(=O)C(NC(=O)[C@H](C)NC(=O)CC2CCCC2)N=C(c2ccccc2)c2ccccc21. The van der Waals surface area contributed by atoms with Crippen LogP contribution in [0.5, 0.6) is 0 Å². The highest BCUT2D eigenvalue weighted by atomic mass is 16.2. The van der Waals surface area contributed by atoms with Gasteiger partial charge in [0.15, 0.2) is 0 Å². The molecule has 7 nitrogen and oxygen atoms in total. The van der Waals surface area contributed by atoms with Crippen LogP contribution in [-0.4, -0.2) is 42.2 Å². The summed E-state index contributed by atoms with van der Waals surface area (Å²) < 4.78 is 0. The van der Waals surface area contributed by atoms with E-state index in [0.717, 1.165) is 48.9 Å². The smallest absolute Gasteiger partial charge is 0.272 e. The van der Waals surface area contributed by atoms with Crippen LogP contribution in [0.25, 0.3) is 0 Å². The lowest BCUT2D eigenvalue weighted by atomic mass is 10.0. The Balaban J connectivity index is 1.58. The maximum atomic E-state index is 13.6. The van der Waals surface area contributed by atoms with Gasteiger partial charge in [-0.1, -0.05) is 68.3 Å². The number of nitrogens with zero attached hydrogens (tertiary/aromatic N) is 2. The van der Waals surface area contributed by atoms with Crippen molar-refractivity contribution in [1.82, 2.24) is 10.6 Å². The fourth-order valence-electron chi connectivity index (χ4n) is 4.91. The number of para-hydroxylation sites is 1. The molecule has 2 atom stereocenters. The Morgan fingerprint density at radius 3 is 2.46 bits per heavy atom. The second-order valence-electron chi connectivity index (χ2n) is 9.41. The van der Waals surface area contributed by atoms with Gasteiger partial charge in [-0.15, -0.1) is 0 Å². The third kappa shape index (κ3) is 5.78. The van der Waals surface area contributed by atoms with Crippen molar-refractivity contribution in [1.29, 1.82) is 0 Å². The maximum Gasteiger partial charge on any atom is 0.272 e. The molecule has 1 unspecified atom stereocenters. The molecule has 1 saturated carbocycles. The van der Waals surface area contributed by atoms with Gasteiger partial charge in [-0.2, -0.15) is 0 Å². The number of nitrogens with one attached hydrogen (secondary N) is 2. The molecule has 0 spiro atoms. The van der Waals surface area contributed by atoms with Crippen LogP contribution in [0.3, 0.4) is 0 Å². The van der Waals surface area contributed by atoms with Gasteiger partial charge in [0, 0.05) is 24.1 Å². The van der Waals surface area contributed by atoms with Crippen molar-refractivity contribution in [2.45, 2.75) is 64.6 Å². The van der Waals surface area contributed by atoms with E-state index in [-0.39, 0.29) is 11.8 Å². The van der Waals surface area contributed by atoms with Gasteiger partial charge >= 0.3 is 0 Å². The molecule has 1 aliphatic heterocycles. The van der Waals surface area contributed by atoms with Crippen LogP contribution >= 0.6 is 0 Å². The van der Waals surface area contributed by atoms with E-state index in [0.29, 0.717) is 24.6 Å². The molecule has 4 rings (SSSR count). The van der Waals surface area contributed by atoms with E-state index >= 15 is 0 Å². The third-order valence-corrected chi connectivity index (χ3v) is 6.70. The highest BCUT2D eigenvalue weighted by Crippen LogP contribution is 2.29. The van der Waals surface area contributed by atoms with E-state index in [1.807, 2.05) is 61.5 Å². The molecular weight excluding hydrogens is 440 g/mol. The van der Waals surface area contributed by atoms with Crippen molar-refractivity contribution < 1.29 is 14.4 Å². The normalized spacial score (nSPS) is 18.9. The van der Waals surface area contributed by atoms with Gasteiger partial charge in [0.2, 0.25) is 18.0 Å². The monoisotopic (exact) mass is 474 g/mol. The van der Waals surface area contributed by atoms with Crippen molar-refractivity contribution in [3.8, 4) is 0 Å². The molecule has 3 amide bonds. The summed E-state index contributed by atoms with van der Waals surface area (Å²) in [6.07, 6.45) is 4.56. The molecular formula is C28H34N4O3. The van der Waals surface area contributed by atoms with Gasteiger partial charge in [-0.3, -0.25) is 14.4 Å². The van der Waals surface area contributed by atoms with Gasteiger partial charge in [0.05, 0.1) is 11.4 Å². The van der Waals surface area contributed by atoms with Crippen molar-refractivity contribution in [3.05, 3.63) is 65.7 Å². The summed E-state index contributed by atoms with van der Waals surface area (Å²) in [5.74, 6) is -0.446. The molecule has 1 aliphatic carbocycles. The number of hydrogen-bond donors (Lipinski definition) is 2. The van der Waals surface area contributed by atoms with Gasteiger partial charge in [-0.25, -0.2) is 4.99 Å². The fraction of sp³-hybridized carbons (Fsp3) is 0.429. The zero-order valence-corrected chi connectivity index (χ0v) is 20.5. The number of carbonyl (C=O) groups is 3. The lowest BCUT2D eigenvalue weighted by molar-refractivity contribution is -0.131. The van der Waals surface area contributed by atoms with Crippen LogP contribution in [0, 0.1) is 5.92 Å². The zero-order valence-electron chi connectivity index (χ0n) is 20.5. The van der Waals surface area contributed by atoms with Gasteiger partial charge < -0.3 is 15.5 Å². The van der Waals surface area contributed by atoms with Crippen LogP contribution in [0.4, 0.5) is 5.69 Å². The number of benzodiazepines with no additional fused rings is 1.